The van der Waals surface area contributed by atoms with Crippen molar-refractivity contribution in [3.05, 3.63) is 56.5 Å². The molecule has 1 N–H and O–H groups in total. The van der Waals surface area contributed by atoms with Crippen molar-refractivity contribution in [2.75, 3.05) is 0 Å². The third-order valence-electron chi connectivity index (χ3n) is 3.95. The molecule has 1 nitrogen and oxygen atoms in total. The zero-order chi connectivity index (χ0) is 14.1. The van der Waals surface area contributed by atoms with Gasteiger partial charge in [0.15, 0.2) is 0 Å². The van der Waals surface area contributed by atoms with E-state index in [0.717, 1.165) is 12.0 Å². The van der Waals surface area contributed by atoms with Crippen molar-refractivity contribution >= 4 is 22.9 Å². The molecule has 0 radical (unpaired) electrons. The number of aryl methyl sites for hydroxylation is 1. The molecule has 0 aliphatic heterocycles. The summed E-state index contributed by atoms with van der Waals surface area (Å²) in [5, 5.41) is 6.01. The van der Waals surface area contributed by atoms with Crippen LogP contribution in [0.25, 0.3) is 0 Å². The number of halogens is 2. The van der Waals surface area contributed by atoms with Gasteiger partial charge in [-0.15, -0.1) is 11.3 Å². The lowest BCUT2D eigenvalue weighted by atomic mass is 9.93. The fourth-order valence-corrected chi connectivity index (χ4v) is 4.02. The van der Waals surface area contributed by atoms with Crippen LogP contribution in [0.4, 0.5) is 4.39 Å². The molecule has 4 heteroatoms. The fourth-order valence-electron chi connectivity index (χ4n) is 2.84. The van der Waals surface area contributed by atoms with Crippen LogP contribution in [-0.2, 0) is 6.42 Å². The molecule has 1 aromatic heterocycles. The average Bonchev–Trinajstić information content (AvgIpc) is 2.91. The summed E-state index contributed by atoms with van der Waals surface area (Å²) in [5.74, 6) is -0.361. The standard InChI is InChI=1S/C16H17ClFNS/c1-10(11-5-6-14(18)13(17)9-11)19-15-3-2-4-16-12(15)7-8-20-16/h5-10,15,19H,2-4H2,1H3. The van der Waals surface area contributed by atoms with Crippen molar-refractivity contribution in [3.63, 3.8) is 0 Å². The van der Waals surface area contributed by atoms with Gasteiger partial charge >= 0.3 is 0 Å². The molecule has 2 unspecified atom stereocenters. The SMILES string of the molecule is CC(NC1CCCc2sccc21)c1ccc(F)c(Cl)c1. The number of thiophene rings is 1. The second kappa shape index (κ2) is 5.84. The van der Waals surface area contributed by atoms with Crippen LogP contribution in [0.5, 0.6) is 0 Å². The lowest BCUT2D eigenvalue weighted by Gasteiger charge is -2.27. The average molecular weight is 310 g/mol. The molecular formula is C16H17ClFNS. The van der Waals surface area contributed by atoms with E-state index in [1.54, 1.807) is 12.1 Å². The van der Waals surface area contributed by atoms with E-state index in [9.17, 15) is 4.39 Å². The third-order valence-corrected chi connectivity index (χ3v) is 5.23. The number of fused-ring (bicyclic) bond motifs is 1. The molecule has 0 saturated heterocycles. The fraction of sp³-hybridized carbons (Fsp3) is 0.375. The van der Waals surface area contributed by atoms with Gasteiger partial charge in [-0.25, -0.2) is 4.39 Å². The Balaban J connectivity index is 1.77. The first-order chi connectivity index (χ1) is 9.65. The Morgan fingerprint density at radius 1 is 1.40 bits per heavy atom. The largest absolute Gasteiger partial charge is 0.303 e. The number of nitrogens with one attached hydrogen (secondary N) is 1. The molecule has 0 fully saturated rings. The smallest absolute Gasteiger partial charge is 0.141 e. The second-order valence-corrected chi connectivity index (χ2v) is 6.71. The minimum Gasteiger partial charge on any atom is -0.303 e. The van der Waals surface area contributed by atoms with Gasteiger partial charge in [-0.2, -0.15) is 0 Å². The molecule has 1 heterocycles. The van der Waals surface area contributed by atoms with E-state index in [4.69, 9.17) is 11.6 Å². The second-order valence-electron chi connectivity index (χ2n) is 5.31. The van der Waals surface area contributed by atoms with Crippen LogP contribution < -0.4 is 5.32 Å². The van der Waals surface area contributed by atoms with Crippen LogP contribution in [0.3, 0.4) is 0 Å². The highest BCUT2D eigenvalue weighted by Crippen LogP contribution is 2.35. The molecule has 1 aromatic carbocycles. The zero-order valence-electron chi connectivity index (χ0n) is 11.3. The predicted octanol–water partition coefficient (Wildman–Crippen LogP) is 5.27. The van der Waals surface area contributed by atoms with Crippen LogP contribution in [0.2, 0.25) is 5.02 Å². The molecule has 2 aromatic rings. The van der Waals surface area contributed by atoms with Crippen molar-refractivity contribution in [3.8, 4) is 0 Å². The van der Waals surface area contributed by atoms with Crippen molar-refractivity contribution in [1.82, 2.24) is 5.32 Å². The van der Waals surface area contributed by atoms with Gasteiger partial charge in [0.1, 0.15) is 5.82 Å². The summed E-state index contributed by atoms with van der Waals surface area (Å²) in [7, 11) is 0. The van der Waals surface area contributed by atoms with Gasteiger partial charge in [0.25, 0.3) is 0 Å². The topological polar surface area (TPSA) is 12.0 Å². The molecular weight excluding hydrogens is 293 g/mol. The molecule has 0 bridgehead atoms. The Labute approximate surface area is 127 Å². The van der Waals surface area contributed by atoms with E-state index < -0.39 is 0 Å². The number of benzene rings is 1. The quantitative estimate of drug-likeness (QED) is 0.814. The van der Waals surface area contributed by atoms with Crippen molar-refractivity contribution < 1.29 is 4.39 Å². The lowest BCUT2D eigenvalue weighted by Crippen LogP contribution is -2.27. The molecule has 1 aliphatic carbocycles. The minimum absolute atomic E-state index is 0.156. The Hall–Kier alpha value is -0.900. The van der Waals surface area contributed by atoms with Crippen molar-refractivity contribution in [2.24, 2.45) is 0 Å². The highest BCUT2D eigenvalue weighted by Gasteiger charge is 2.22. The summed E-state index contributed by atoms with van der Waals surface area (Å²) in [6.07, 6.45) is 3.58. The van der Waals surface area contributed by atoms with Crippen molar-refractivity contribution in [1.29, 1.82) is 0 Å². The van der Waals surface area contributed by atoms with Gasteiger partial charge in [0.05, 0.1) is 5.02 Å². The maximum Gasteiger partial charge on any atom is 0.141 e. The first-order valence-corrected chi connectivity index (χ1v) is 8.18. The highest BCUT2D eigenvalue weighted by atomic mass is 35.5. The number of rotatable bonds is 3. The molecule has 1 aliphatic rings. The summed E-state index contributed by atoms with van der Waals surface area (Å²) < 4.78 is 13.2. The van der Waals surface area contributed by atoms with E-state index >= 15 is 0 Å². The monoisotopic (exact) mass is 309 g/mol. The summed E-state index contributed by atoms with van der Waals surface area (Å²) >= 11 is 7.71. The van der Waals surface area contributed by atoms with Crippen LogP contribution in [0.15, 0.2) is 29.6 Å². The van der Waals surface area contributed by atoms with Crippen molar-refractivity contribution in [2.45, 2.75) is 38.3 Å². The van der Waals surface area contributed by atoms with E-state index in [0.29, 0.717) is 6.04 Å². The molecule has 0 amide bonds. The molecule has 0 spiro atoms. The van der Waals surface area contributed by atoms with Gasteiger partial charge in [0, 0.05) is 17.0 Å². The van der Waals surface area contributed by atoms with Gasteiger partial charge in [0.2, 0.25) is 0 Å². The van der Waals surface area contributed by atoms with Gasteiger partial charge < -0.3 is 5.32 Å². The third kappa shape index (κ3) is 2.76. The van der Waals surface area contributed by atoms with Crippen LogP contribution in [0.1, 0.15) is 47.9 Å². The van der Waals surface area contributed by atoms with E-state index in [2.05, 4.69) is 23.7 Å². The Kier molecular flexibility index (Phi) is 4.11. The molecule has 106 valence electrons. The molecule has 20 heavy (non-hydrogen) atoms. The molecule has 3 rings (SSSR count). The van der Waals surface area contributed by atoms with Gasteiger partial charge in [-0.3, -0.25) is 0 Å². The first-order valence-electron chi connectivity index (χ1n) is 6.92. The summed E-state index contributed by atoms with van der Waals surface area (Å²) in [5.41, 5.74) is 2.46. The highest BCUT2D eigenvalue weighted by molar-refractivity contribution is 7.10. The van der Waals surface area contributed by atoms with Gasteiger partial charge in [-0.1, -0.05) is 17.7 Å². The maximum atomic E-state index is 13.2. The van der Waals surface area contributed by atoms with E-state index in [1.165, 1.54) is 29.3 Å². The van der Waals surface area contributed by atoms with E-state index in [1.807, 2.05) is 11.3 Å². The van der Waals surface area contributed by atoms with Crippen LogP contribution in [0, 0.1) is 5.82 Å². The first kappa shape index (κ1) is 14.1. The molecule has 0 saturated carbocycles. The minimum atomic E-state index is -0.361. The summed E-state index contributed by atoms with van der Waals surface area (Å²) in [6.45, 7) is 2.10. The van der Waals surface area contributed by atoms with Gasteiger partial charge in [-0.05, 0) is 60.9 Å². The molecule has 2 atom stereocenters. The Morgan fingerprint density at radius 3 is 3.05 bits per heavy atom. The normalized spacial score (nSPS) is 19.6. The predicted molar refractivity (Wildman–Crippen MR) is 83.0 cm³/mol. The number of hydrogen-bond acceptors (Lipinski definition) is 2. The number of hydrogen-bond donors (Lipinski definition) is 1. The zero-order valence-corrected chi connectivity index (χ0v) is 12.9. The van der Waals surface area contributed by atoms with Crippen LogP contribution in [-0.4, -0.2) is 0 Å². The Morgan fingerprint density at radius 2 is 2.25 bits per heavy atom. The van der Waals surface area contributed by atoms with Crippen LogP contribution >= 0.6 is 22.9 Å². The lowest BCUT2D eigenvalue weighted by molar-refractivity contribution is 0.418. The van der Waals surface area contributed by atoms with E-state index in [-0.39, 0.29) is 16.9 Å². The summed E-state index contributed by atoms with van der Waals surface area (Å²) in [4.78, 5) is 1.50. The summed E-state index contributed by atoms with van der Waals surface area (Å²) in [6, 6.07) is 7.73. The Bertz CT molecular complexity index is 610. The maximum absolute atomic E-state index is 13.2.